The lowest BCUT2D eigenvalue weighted by Crippen LogP contribution is -2.31. The lowest BCUT2D eigenvalue weighted by atomic mass is 10.1. The Labute approximate surface area is 164 Å². The molecule has 0 heterocycles. The molecule has 0 spiro atoms. The Morgan fingerprint density at radius 2 is 1.68 bits per heavy atom. The molecule has 0 aliphatic rings. The predicted octanol–water partition coefficient (Wildman–Crippen LogP) is 3.27. The van der Waals surface area contributed by atoms with Gasteiger partial charge in [0.15, 0.2) is 12.7 Å². The molecule has 0 saturated heterocycles. The number of anilines is 1. The van der Waals surface area contributed by atoms with Crippen LogP contribution < -0.4 is 19.5 Å². The molecule has 0 saturated carbocycles. The zero-order valence-corrected chi connectivity index (χ0v) is 16.7. The van der Waals surface area contributed by atoms with Crippen LogP contribution in [0.5, 0.6) is 17.2 Å². The smallest absolute Gasteiger partial charge is 0.344 e. The molecule has 150 valence electrons. The van der Waals surface area contributed by atoms with Crippen LogP contribution in [-0.2, 0) is 14.3 Å². The van der Waals surface area contributed by atoms with Crippen LogP contribution in [0.4, 0.5) is 5.69 Å². The van der Waals surface area contributed by atoms with Gasteiger partial charge in [0, 0.05) is 6.07 Å². The lowest BCUT2D eigenvalue weighted by Gasteiger charge is -2.16. The quantitative estimate of drug-likeness (QED) is 0.700. The molecule has 0 radical (unpaired) electrons. The monoisotopic (exact) mass is 387 g/mol. The van der Waals surface area contributed by atoms with Crippen molar-refractivity contribution < 1.29 is 28.5 Å². The topological polar surface area (TPSA) is 83.1 Å². The highest BCUT2D eigenvalue weighted by Gasteiger charge is 2.20. The number of rotatable bonds is 8. The Morgan fingerprint density at radius 3 is 2.32 bits per heavy atom. The van der Waals surface area contributed by atoms with E-state index in [-0.39, 0.29) is 6.61 Å². The van der Waals surface area contributed by atoms with E-state index in [4.69, 9.17) is 18.9 Å². The van der Waals surface area contributed by atoms with Gasteiger partial charge in [-0.2, -0.15) is 0 Å². The number of ether oxygens (including phenoxy) is 4. The molecular weight excluding hydrogens is 362 g/mol. The van der Waals surface area contributed by atoms with Crippen molar-refractivity contribution in [3.63, 3.8) is 0 Å². The molecular formula is C21H25NO6. The normalized spacial score (nSPS) is 11.3. The first-order chi connectivity index (χ1) is 13.3. The van der Waals surface area contributed by atoms with Crippen LogP contribution >= 0.6 is 0 Å². The summed E-state index contributed by atoms with van der Waals surface area (Å²) in [7, 11) is 3.01. The summed E-state index contributed by atoms with van der Waals surface area (Å²) < 4.78 is 20.9. The summed E-state index contributed by atoms with van der Waals surface area (Å²) in [4.78, 5) is 24.3. The van der Waals surface area contributed by atoms with E-state index in [1.54, 1.807) is 24.3 Å². The second-order valence-corrected chi connectivity index (χ2v) is 6.22. The number of benzene rings is 2. The Balaban J connectivity index is 1.91. The van der Waals surface area contributed by atoms with Crippen LogP contribution in [0.3, 0.4) is 0 Å². The number of hydrogen-bond donors (Lipinski definition) is 1. The fourth-order valence-corrected chi connectivity index (χ4v) is 2.38. The third-order valence-corrected chi connectivity index (χ3v) is 4.18. The van der Waals surface area contributed by atoms with Crippen LogP contribution in [0.2, 0.25) is 0 Å². The number of aryl methyl sites for hydroxylation is 2. The van der Waals surface area contributed by atoms with Crippen molar-refractivity contribution >= 4 is 17.6 Å². The summed E-state index contributed by atoms with van der Waals surface area (Å²) in [5.74, 6) is 0.455. The highest BCUT2D eigenvalue weighted by atomic mass is 16.6. The average Bonchev–Trinajstić information content (AvgIpc) is 2.68. The molecule has 0 bridgehead atoms. The zero-order valence-electron chi connectivity index (χ0n) is 16.7. The van der Waals surface area contributed by atoms with Crippen molar-refractivity contribution in [2.75, 3.05) is 26.1 Å². The van der Waals surface area contributed by atoms with Crippen LogP contribution in [-0.4, -0.2) is 38.8 Å². The minimum absolute atomic E-state index is 0.289. The highest BCUT2D eigenvalue weighted by molar-refractivity contribution is 5.96. The molecule has 28 heavy (non-hydrogen) atoms. The SMILES string of the molecule is COc1ccc(OC)c(NC(=O)C(C)OC(=O)COc2ccc(C)c(C)c2)c1. The van der Waals surface area contributed by atoms with Crippen molar-refractivity contribution in [1.29, 1.82) is 0 Å². The average molecular weight is 387 g/mol. The van der Waals surface area contributed by atoms with Gasteiger partial charge in [0.25, 0.3) is 5.91 Å². The Bertz CT molecular complexity index is 849. The molecule has 0 aliphatic heterocycles. The largest absolute Gasteiger partial charge is 0.497 e. The van der Waals surface area contributed by atoms with Gasteiger partial charge >= 0.3 is 5.97 Å². The molecule has 2 rings (SSSR count). The van der Waals surface area contributed by atoms with Crippen LogP contribution in [0.25, 0.3) is 0 Å². The van der Waals surface area contributed by atoms with Gasteiger partial charge in [-0.05, 0) is 56.2 Å². The number of hydrogen-bond acceptors (Lipinski definition) is 6. The molecule has 1 unspecified atom stereocenters. The van der Waals surface area contributed by atoms with E-state index in [2.05, 4.69) is 5.32 Å². The molecule has 1 N–H and O–H groups in total. The number of carbonyl (C=O) groups is 2. The first kappa shape index (κ1) is 21.1. The Morgan fingerprint density at radius 1 is 0.964 bits per heavy atom. The summed E-state index contributed by atoms with van der Waals surface area (Å²) >= 11 is 0. The molecule has 7 nitrogen and oxygen atoms in total. The van der Waals surface area contributed by atoms with Crippen LogP contribution in [0, 0.1) is 13.8 Å². The van der Waals surface area contributed by atoms with E-state index in [0.717, 1.165) is 11.1 Å². The lowest BCUT2D eigenvalue weighted by molar-refractivity contribution is -0.155. The Hall–Kier alpha value is -3.22. The molecule has 0 aromatic heterocycles. The molecule has 2 aromatic rings. The van der Waals surface area contributed by atoms with Gasteiger partial charge in [0.05, 0.1) is 19.9 Å². The summed E-state index contributed by atoms with van der Waals surface area (Å²) in [5, 5.41) is 2.67. The third-order valence-electron chi connectivity index (χ3n) is 4.18. The zero-order chi connectivity index (χ0) is 20.7. The second-order valence-electron chi connectivity index (χ2n) is 6.22. The van der Waals surface area contributed by atoms with E-state index < -0.39 is 18.0 Å². The summed E-state index contributed by atoms with van der Waals surface area (Å²) in [6, 6.07) is 10.5. The minimum atomic E-state index is -1.01. The summed E-state index contributed by atoms with van der Waals surface area (Å²) in [6.07, 6.45) is -1.01. The molecule has 2 aromatic carbocycles. The van der Waals surface area contributed by atoms with E-state index >= 15 is 0 Å². The van der Waals surface area contributed by atoms with Gasteiger partial charge in [-0.1, -0.05) is 6.07 Å². The summed E-state index contributed by atoms with van der Waals surface area (Å²) in [5.41, 5.74) is 2.61. The van der Waals surface area contributed by atoms with Crippen molar-refractivity contribution in [2.45, 2.75) is 26.9 Å². The van der Waals surface area contributed by atoms with Crippen molar-refractivity contribution in [2.24, 2.45) is 0 Å². The maximum Gasteiger partial charge on any atom is 0.344 e. The van der Waals surface area contributed by atoms with Gasteiger partial charge in [-0.25, -0.2) is 4.79 Å². The number of carbonyl (C=O) groups excluding carboxylic acids is 2. The first-order valence-corrected chi connectivity index (χ1v) is 8.76. The summed E-state index contributed by atoms with van der Waals surface area (Å²) in [6.45, 7) is 5.14. The maximum absolute atomic E-state index is 12.3. The van der Waals surface area contributed by atoms with Gasteiger partial charge in [-0.3, -0.25) is 4.79 Å². The molecule has 0 fully saturated rings. The fraction of sp³-hybridized carbons (Fsp3) is 0.333. The molecule has 1 amide bonds. The first-order valence-electron chi connectivity index (χ1n) is 8.76. The van der Waals surface area contributed by atoms with Gasteiger partial charge < -0.3 is 24.3 Å². The maximum atomic E-state index is 12.3. The molecule has 0 aliphatic carbocycles. The minimum Gasteiger partial charge on any atom is -0.497 e. The molecule has 7 heteroatoms. The fourth-order valence-electron chi connectivity index (χ4n) is 2.38. The second kappa shape index (κ2) is 9.64. The number of esters is 1. The van der Waals surface area contributed by atoms with Crippen molar-refractivity contribution in [3.8, 4) is 17.2 Å². The number of amides is 1. The van der Waals surface area contributed by atoms with E-state index in [1.165, 1.54) is 21.1 Å². The van der Waals surface area contributed by atoms with Gasteiger partial charge in [-0.15, -0.1) is 0 Å². The standard InChI is InChI=1S/C21H25NO6/c1-13-6-7-17(10-14(13)2)27-12-20(23)28-15(3)21(24)22-18-11-16(25-4)8-9-19(18)26-5/h6-11,15H,12H2,1-5H3,(H,22,24). The molecule has 1 atom stereocenters. The van der Waals surface area contributed by atoms with Crippen molar-refractivity contribution in [1.82, 2.24) is 0 Å². The van der Waals surface area contributed by atoms with E-state index in [1.807, 2.05) is 26.0 Å². The van der Waals surface area contributed by atoms with E-state index in [0.29, 0.717) is 22.9 Å². The van der Waals surface area contributed by atoms with Crippen molar-refractivity contribution in [3.05, 3.63) is 47.5 Å². The van der Waals surface area contributed by atoms with Crippen LogP contribution in [0.1, 0.15) is 18.1 Å². The van der Waals surface area contributed by atoms with Gasteiger partial charge in [0.1, 0.15) is 17.2 Å². The van der Waals surface area contributed by atoms with Crippen LogP contribution in [0.15, 0.2) is 36.4 Å². The number of nitrogens with one attached hydrogen (secondary N) is 1. The number of methoxy groups -OCH3 is 2. The van der Waals surface area contributed by atoms with E-state index in [9.17, 15) is 9.59 Å². The van der Waals surface area contributed by atoms with Gasteiger partial charge in [0.2, 0.25) is 0 Å². The predicted molar refractivity (Wildman–Crippen MR) is 105 cm³/mol. The Kier molecular flexibility index (Phi) is 7.26. The highest BCUT2D eigenvalue weighted by Crippen LogP contribution is 2.29. The third kappa shape index (κ3) is 5.64.